The van der Waals surface area contributed by atoms with Crippen LogP contribution in [0.5, 0.6) is 0 Å². The van der Waals surface area contributed by atoms with E-state index in [2.05, 4.69) is 16.3 Å². The van der Waals surface area contributed by atoms with Gasteiger partial charge in [0.05, 0.1) is 18.0 Å². The summed E-state index contributed by atoms with van der Waals surface area (Å²) in [6.45, 7) is 3.44. The summed E-state index contributed by atoms with van der Waals surface area (Å²) >= 11 is 6.29. The van der Waals surface area contributed by atoms with E-state index in [1.54, 1.807) is 12.1 Å². The molecule has 0 bridgehead atoms. The minimum atomic E-state index is -0.181. The number of piperidine rings is 1. The predicted octanol–water partition coefficient (Wildman–Crippen LogP) is 3.88. The molecule has 27 heavy (non-hydrogen) atoms. The van der Waals surface area contributed by atoms with Crippen molar-refractivity contribution < 1.29 is 13.9 Å². The molecular weight excluding hydrogens is 364 g/mol. The van der Waals surface area contributed by atoms with E-state index in [-0.39, 0.29) is 17.6 Å². The highest BCUT2D eigenvalue weighted by Crippen LogP contribution is 2.39. The first-order valence-electron chi connectivity index (χ1n) is 9.59. The van der Waals surface area contributed by atoms with Gasteiger partial charge in [0.1, 0.15) is 0 Å². The summed E-state index contributed by atoms with van der Waals surface area (Å²) in [5.41, 5.74) is 1.15. The number of rotatable bonds is 5. The van der Waals surface area contributed by atoms with Crippen molar-refractivity contribution in [2.24, 2.45) is 0 Å². The van der Waals surface area contributed by atoms with Gasteiger partial charge in [0.25, 0.3) is 5.91 Å². The smallest absolute Gasteiger partial charge is 0.287 e. The van der Waals surface area contributed by atoms with E-state index in [0.717, 1.165) is 50.3 Å². The van der Waals surface area contributed by atoms with Gasteiger partial charge in [0, 0.05) is 31.2 Å². The van der Waals surface area contributed by atoms with Gasteiger partial charge in [-0.3, -0.25) is 9.69 Å². The molecule has 2 aliphatic heterocycles. The van der Waals surface area contributed by atoms with Gasteiger partial charge in [-0.05, 0) is 49.4 Å². The van der Waals surface area contributed by atoms with Crippen LogP contribution in [0, 0.1) is 0 Å². The number of carbonyl (C=O) groups is 1. The summed E-state index contributed by atoms with van der Waals surface area (Å²) < 4.78 is 11.5. The van der Waals surface area contributed by atoms with Gasteiger partial charge in [-0.25, -0.2) is 0 Å². The standard InChI is InChI=1S/C21H25ClN2O3/c22-18-5-2-1-4-16(18)15-24-11-9-21(10-12-24)8-7-17(27-21)14-23-20(25)19-6-3-13-26-19/h1-6,13,17H,7-12,14-15H2,(H,23,25)/t17-/m0/s1. The normalized spacial score (nSPS) is 22.2. The van der Waals surface area contributed by atoms with Crippen molar-refractivity contribution in [1.82, 2.24) is 10.2 Å². The van der Waals surface area contributed by atoms with E-state index in [9.17, 15) is 4.79 Å². The van der Waals surface area contributed by atoms with Crippen LogP contribution in [0.2, 0.25) is 5.02 Å². The predicted molar refractivity (Wildman–Crippen MR) is 104 cm³/mol. The molecule has 0 unspecified atom stereocenters. The third-order valence-electron chi connectivity index (χ3n) is 5.69. The Morgan fingerprint density at radius 1 is 1.19 bits per heavy atom. The van der Waals surface area contributed by atoms with Gasteiger partial charge in [0.2, 0.25) is 0 Å². The van der Waals surface area contributed by atoms with Crippen molar-refractivity contribution >= 4 is 17.5 Å². The molecule has 1 N–H and O–H groups in total. The van der Waals surface area contributed by atoms with Crippen LogP contribution in [-0.4, -0.2) is 42.1 Å². The third kappa shape index (κ3) is 4.37. The molecule has 2 aromatic rings. The van der Waals surface area contributed by atoms with Crippen LogP contribution < -0.4 is 5.32 Å². The minimum absolute atomic E-state index is 0.0307. The SMILES string of the molecule is O=C(NC[C@@H]1CCC2(CCN(Cc3ccccc3Cl)CC2)O1)c1ccco1. The molecule has 1 atom stereocenters. The zero-order valence-corrected chi connectivity index (χ0v) is 16.1. The Labute approximate surface area is 164 Å². The average Bonchev–Trinajstić information content (AvgIpc) is 3.35. The Bertz CT molecular complexity index is 769. The molecule has 0 aliphatic carbocycles. The molecule has 1 amide bonds. The largest absolute Gasteiger partial charge is 0.459 e. The number of halogens is 1. The number of nitrogens with zero attached hydrogens (tertiary/aromatic N) is 1. The van der Waals surface area contributed by atoms with Gasteiger partial charge >= 0.3 is 0 Å². The maximum absolute atomic E-state index is 12.0. The Hall–Kier alpha value is -1.82. The summed E-state index contributed by atoms with van der Waals surface area (Å²) in [7, 11) is 0. The molecule has 4 rings (SSSR count). The Balaban J connectivity index is 1.24. The minimum Gasteiger partial charge on any atom is -0.459 e. The third-order valence-corrected chi connectivity index (χ3v) is 6.06. The lowest BCUT2D eigenvalue weighted by atomic mass is 9.88. The zero-order valence-electron chi connectivity index (χ0n) is 15.3. The maximum Gasteiger partial charge on any atom is 0.287 e. The maximum atomic E-state index is 12.0. The molecule has 2 saturated heterocycles. The number of furan rings is 1. The van der Waals surface area contributed by atoms with Crippen LogP contribution in [0.15, 0.2) is 47.1 Å². The highest BCUT2D eigenvalue weighted by atomic mass is 35.5. The zero-order chi connectivity index (χ0) is 18.7. The molecule has 3 heterocycles. The van der Waals surface area contributed by atoms with Crippen LogP contribution in [0.4, 0.5) is 0 Å². The Kier molecular flexibility index (Phi) is 5.53. The fraction of sp³-hybridized carbons (Fsp3) is 0.476. The number of ether oxygens (including phenoxy) is 1. The van der Waals surface area contributed by atoms with Crippen LogP contribution in [0.3, 0.4) is 0 Å². The first-order chi connectivity index (χ1) is 13.1. The van der Waals surface area contributed by atoms with Crippen LogP contribution in [-0.2, 0) is 11.3 Å². The number of amides is 1. The molecule has 2 fully saturated rings. The molecule has 0 saturated carbocycles. The first kappa shape index (κ1) is 18.5. The van der Waals surface area contributed by atoms with Crippen LogP contribution in [0.25, 0.3) is 0 Å². The Morgan fingerprint density at radius 3 is 2.74 bits per heavy atom. The number of hydrogen-bond acceptors (Lipinski definition) is 4. The molecule has 2 aliphatic rings. The number of hydrogen-bond donors (Lipinski definition) is 1. The second-order valence-corrected chi connectivity index (χ2v) is 7.92. The number of carbonyl (C=O) groups excluding carboxylic acids is 1. The lowest BCUT2D eigenvalue weighted by molar-refractivity contribution is -0.0764. The van der Waals surface area contributed by atoms with E-state index in [1.807, 2.05) is 18.2 Å². The molecule has 0 radical (unpaired) electrons. The van der Waals surface area contributed by atoms with Gasteiger partial charge in [0.15, 0.2) is 5.76 Å². The second-order valence-electron chi connectivity index (χ2n) is 7.52. The average molecular weight is 389 g/mol. The van der Waals surface area contributed by atoms with Gasteiger partial charge in [-0.1, -0.05) is 29.8 Å². The quantitative estimate of drug-likeness (QED) is 0.844. The van der Waals surface area contributed by atoms with Crippen molar-refractivity contribution in [3.8, 4) is 0 Å². The van der Waals surface area contributed by atoms with E-state index in [0.29, 0.717) is 12.3 Å². The van der Waals surface area contributed by atoms with Gasteiger partial charge in [-0.15, -0.1) is 0 Å². The monoisotopic (exact) mass is 388 g/mol. The molecule has 144 valence electrons. The summed E-state index contributed by atoms with van der Waals surface area (Å²) in [5.74, 6) is 0.162. The van der Waals surface area contributed by atoms with E-state index >= 15 is 0 Å². The van der Waals surface area contributed by atoms with Crippen LogP contribution in [0.1, 0.15) is 41.8 Å². The highest BCUT2D eigenvalue weighted by Gasteiger charge is 2.42. The van der Waals surface area contributed by atoms with Gasteiger partial charge < -0.3 is 14.5 Å². The number of benzene rings is 1. The molecule has 5 nitrogen and oxygen atoms in total. The van der Waals surface area contributed by atoms with E-state index in [4.69, 9.17) is 20.8 Å². The first-order valence-corrected chi connectivity index (χ1v) is 9.97. The molecule has 1 aromatic carbocycles. The van der Waals surface area contributed by atoms with E-state index < -0.39 is 0 Å². The van der Waals surface area contributed by atoms with Crippen LogP contribution >= 0.6 is 11.6 Å². The fourth-order valence-electron chi connectivity index (χ4n) is 4.09. The lowest BCUT2D eigenvalue weighted by Crippen LogP contribution is -2.44. The fourth-order valence-corrected chi connectivity index (χ4v) is 4.29. The highest BCUT2D eigenvalue weighted by molar-refractivity contribution is 6.31. The van der Waals surface area contributed by atoms with Crippen molar-refractivity contribution in [1.29, 1.82) is 0 Å². The summed E-state index contributed by atoms with van der Waals surface area (Å²) in [6, 6.07) is 11.4. The molecule has 1 spiro atoms. The number of likely N-dealkylation sites (tertiary alicyclic amines) is 1. The van der Waals surface area contributed by atoms with Crippen molar-refractivity contribution in [3.05, 3.63) is 59.0 Å². The van der Waals surface area contributed by atoms with E-state index in [1.165, 1.54) is 11.8 Å². The second kappa shape index (κ2) is 8.05. The van der Waals surface area contributed by atoms with Crippen molar-refractivity contribution in [2.75, 3.05) is 19.6 Å². The Morgan fingerprint density at radius 2 is 2.00 bits per heavy atom. The number of nitrogens with one attached hydrogen (secondary N) is 1. The van der Waals surface area contributed by atoms with Crippen molar-refractivity contribution in [3.63, 3.8) is 0 Å². The summed E-state index contributed by atoms with van der Waals surface area (Å²) in [6.07, 6.45) is 5.70. The molecule has 6 heteroatoms. The molecular formula is C21H25ClN2O3. The van der Waals surface area contributed by atoms with Crippen molar-refractivity contribution in [2.45, 2.75) is 43.9 Å². The lowest BCUT2D eigenvalue weighted by Gasteiger charge is -2.39. The summed E-state index contributed by atoms with van der Waals surface area (Å²) in [4.78, 5) is 14.4. The molecule has 1 aromatic heterocycles. The summed E-state index contributed by atoms with van der Waals surface area (Å²) in [5, 5.41) is 3.75. The van der Waals surface area contributed by atoms with Gasteiger partial charge in [-0.2, -0.15) is 0 Å². The topological polar surface area (TPSA) is 54.7 Å².